The second kappa shape index (κ2) is 7.85. The van der Waals surface area contributed by atoms with Crippen LogP contribution in [0.15, 0.2) is 59.0 Å². The predicted octanol–water partition coefficient (Wildman–Crippen LogP) is 4.48. The Kier molecular flexibility index (Phi) is 5.30. The maximum Gasteiger partial charge on any atom is 0.209 e. The van der Waals surface area contributed by atoms with E-state index in [4.69, 9.17) is 21.8 Å². The van der Waals surface area contributed by atoms with Gasteiger partial charge in [-0.3, -0.25) is 4.90 Å². The van der Waals surface area contributed by atoms with Gasteiger partial charge in [0.15, 0.2) is 5.76 Å². The molecule has 140 valence electrons. The van der Waals surface area contributed by atoms with Crippen molar-refractivity contribution < 1.29 is 4.42 Å². The van der Waals surface area contributed by atoms with Crippen molar-refractivity contribution in [3.63, 3.8) is 0 Å². The lowest BCUT2D eigenvalue weighted by atomic mass is 9.89. The van der Waals surface area contributed by atoms with Gasteiger partial charge < -0.3 is 10.2 Å². The molecule has 0 spiro atoms. The Bertz CT molecular complexity index is 892. The highest BCUT2D eigenvalue weighted by Gasteiger charge is 2.33. The predicted molar refractivity (Wildman–Crippen MR) is 109 cm³/mol. The zero-order chi connectivity index (χ0) is 18.8. The van der Waals surface area contributed by atoms with Crippen LogP contribution < -0.4 is 5.73 Å². The summed E-state index contributed by atoms with van der Waals surface area (Å²) in [4.78, 5) is 7.04. The zero-order valence-electron chi connectivity index (χ0n) is 15.4. The van der Waals surface area contributed by atoms with Gasteiger partial charge >= 0.3 is 0 Å². The number of nitrogens with two attached hydrogens (primary N) is 1. The maximum atomic E-state index is 6.09. The van der Waals surface area contributed by atoms with Gasteiger partial charge in [0.1, 0.15) is 0 Å². The number of hydrogen-bond donors (Lipinski definition) is 1. The monoisotopic (exact) mass is 381 g/mol. The number of aromatic nitrogens is 1. The molecule has 2 N–H and O–H groups in total. The highest BCUT2D eigenvalue weighted by atomic mass is 35.5. The molecule has 5 heteroatoms. The van der Waals surface area contributed by atoms with Gasteiger partial charge in [0.05, 0.1) is 12.2 Å². The Balaban J connectivity index is 1.50. The van der Waals surface area contributed by atoms with E-state index in [0.29, 0.717) is 29.9 Å². The first kappa shape index (κ1) is 18.2. The number of benzene rings is 2. The molecule has 1 aliphatic rings. The number of halogens is 1. The third-order valence-electron chi connectivity index (χ3n) is 5.35. The molecule has 0 unspecified atom stereocenters. The van der Waals surface area contributed by atoms with Crippen molar-refractivity contribution in [3.8, 4) is 11.3 Å². The van der Waals surface area contributed by atoms with Crippen molar-refractivity contribution in [2.24, 2.45) is 11.7 Å². The summed E-state index contributed by atoms with van der Waals surface area (Å²) in [7, 11) is 0. The first-order valence-electron chi connectivity index (χ1n) is 9.33. The minimum atomic E-state index is 0.458. The lowest BCUT2D eigenvalue weighted by Gasteiger charge is -2.16. The van der Waals surface area contributed by atoms with Crippen molar-refractivity contribution in [1.82, 2.24) is 9.88 Å². The van der Waals surface area contributed by atoms with Crippen LogP contribution in [0.4, 0.5) is 0 Å². The van der Waals surface area contributed by atoms with Gasteiger partial charge in [-0.25, -0.2) is 4.98 Å². The Morgan fingerprint density at radius 1 is 1.11 bits per heavy atom. The summed E-state index contributed by atoms with van der Waals surface area (Å²) in [5.74, 6) is 2.49. The molecule has 2 aromatic carbocycles. The molecule has 0 amide bonds. The van der Waals surface area contributed by atoms with E-state index in [1.165, 1.54) is 5.56 Å². The van der Waals surface area contributed by atoms with Gasteiger partial charge in [0, 0.05) is 29.6 Å². The van der Waals surface area contributed by atoms with Crippen LogP contribution in [0.1, 0.15) is 23.1 Å². The van der Waals surface area contributed by atoms with Crippen molar-refractivity contribution in [2.75, 3.05) is 19.6 Å². The van der Waals surface area contributed by atoms with Crippen molar-refractivity contribution in [3.05, 3.63) is 76.8 Å². The van der Waals surface area contributed by atoms with Crippen LogP contribution in [-0.2, 0) is 6.54 Å². The van der Waals surface area contributed by atoms with Gasteiger partial charge in [-0.1, -0.05) is 41.9 Å². The second-order valence-corrected chi connectivity index (χ2v) is 7.67. The van der Waals surface area contributed by atoms with E-state index in [9.17, 15) is 0 Å². The molecule has 2 atom stereocenters. The third kappa shape index (κ3) is 3.93. The van der Waals surface area contributed by atoms with Crippen LogP contribution >= 0.6 is 11.6 Å². The fraction of sp³-hybridized carbons (Fsp3) is 0.318. The standard InChI is InChI=1S/C22H24ClN3O/c1-15-22(17-7-9-19(23)10-8-17)27-21(25-15)14-26-12-18(11-24)20(13-26)16-5-3-2-4-6-16/h2-10,18,20H,11-14,24H2,1H3/t18-,20+/m1/s1. The molecule has 0 radical (unpaired) electrons. The van der Waals surface area contributed by atoms with E-state index in [0.717, 1.165) is 36.0 Å². The first-order chi connectivity index (χ1) is 13.1. The molecule has 1 saturated heterocycles. The molecule has 4 rings (SSSR count). The number of aryl methyl sites for hydroxylation is 1. The molecule has 2 heterocycles. The lowest BCUT2D eigenvalue weighted by Crippen LogP contribution is -2.23. The normalized spacial score (nSPS) is 20.3. The molecular formula is C22H24ClN3O. The van der Waals surface area contributed by atoms with Crippen LogP contribution in [0.2, 0.25) is 5.02 Å². The third-order valence-corrected chi connectivity index (χ3v) is 5.61. The topological polar surface area (TPSA) is 55.3 Å². The molecule has 1 aromatic heterocycles. The summed E-state index contributed by atoms with van der Waals surface area (Å²) in [5, 5.41) is 0.716. The van der Waals surface area contributed by atoms with E-state index in [-0.39, 0.29) is 0 Å². The average Bonchev–Trinajstić information content (AvgIpc) is 3.26. The smallest absolute Gasteiger partial charge is 0.209 e. The molecule has 27 heavy (non-hydrogen) atoms. The zero-order valence-corrected chi connectivity index (χ0v) is 16.2. The van der Waals surface area contributed by atoms with Crippen molar-refractivity contribution in [2.45, 2.75) is 19.4 Å². The summed E-state index contributed by atoms with van der Waals surface area (Å²) in [6, 6.07) is 18.3. The fourth-order valence-corrected chi connectivity index (χ4v) is 4.11. The van der Waals surface area contributed by atoms with Crippen LogP contribution in [0.5, 0.6) is 0 Å². The van der Waals surface area contributed by atoms with E-state index in [1.807, 2.05) is 31.2 Å². The molecule has 4 nitrogen and oxygen atoms in total. The molecule has 1 fully saturated rings. The van der Waals surface area contributed by atoms with Gasteiger partial charge in [-0.05, 0) is 49.2 Å². The summed E-state index contributed by atoms with van der Waals surface area (Å²) in [5.41, 5.74) is 9.32. The van der Waals surface area contributed by atoms with E-state index >= 15 is 0 Å². The molecule has 3 aromatic rings. The summed E-state index contributed by atoms with van der Waals surface area (Å²) >= 11 is 5.99. The highest BCUT2D eigenvalue weighted by Crippen LogP contribution is 2.33. The SMILES string of the molecule is Cc1nc(CN2C[C@@H](CN)[C@H](c3ccccc3)C2)oc1-c1ccc(Cl)cc1. The van der Waals surface area contributed by atoms with E-state index in [2.05, 4.69) is 40.2 Å². The van der Waals surface area contributed by atoms with Crippen molar-refractivity contribution in [1.29, 1.82) is 0 Å². The lowest BCUT2D eigenvalue weighted by molar-refractivity contribution is 0.281. The van der Waals surface area contributed by atoms with E-state index in [1.54, 1.807) is 0 Å². The van der Waals surface area contributed by atoms with Crippen LogP contribution in [0, 0.1) is 12.8 Å². The van der Waals surface area contributed by atoms with E-state index < -0.39 is 0 Å². The Morgan fingerprint density at radius 3 is 2.56 bits per heavy atom. The van der Waals surface area contributed by atoms with Gasteiger partial charge in [0.2, 0.25) is 5.89 Å². The molecule has 0 bridgehead atoms. The summed E-state index contributed by atoms with van der Waals surface area (Å²) < 4.78 is 6.09. The fourth-order valence-electron chi connectivity index (χ4n) is 3.99. The Morgan fingerprint density at radius 2 is 1.85 bits per heavy atom. The number of hydrogen-bond acceptors (Lipinski definition) is 4. The average molecular weight is 382 g/mol. The van der Waals surface area contributed by atoms with Crippen LogP contribution in [-0.4, -0.2) is 29.5 Å². The number of nitrogens with zero attached hydrogens (tertiary/aromatic N) is 2. The number of oxazole rings is 1. The minimum absolute atomic E-state index is 0.458. The quantitative estimate of drug-likeness (QED) is 0.708. The molecule has 0 saturated carbocycles. The molecule has 0 aliphatic carbocycles. The number of rotatable bonds is 5. The van der Waals surface area contributed by atoms with Crippen molar-refractivity contribution >= 4 is 11.6 Å². The summed E-state index contributed by atoms with van der Waals surface area (Å²) in [6.07, 6.45) is 0. The van der Waals surface area contributed by atoms with Gasteiger partial charge in [-0.2, -0.15) is 0 Å². The Hall–Kier alpha value is -2.14. The van der Waals surface area contributed by atoms with Gasteiger partial charge in [-0.15, -0.1) is 0 Å². The largest absolute Gasteiger partial charge is 0.439 e. The summed E-state index contributed by atoms with van der Waals surface area (Å²) in [6.45, 7) is 5.32. The van der Waals surface area contributed by atoms with Crippen LogP contribution in [0.3, 0.4) is 0 Å². The second-order valence-electron chi connectivity index (χ2n) is 7.24. The maximum absolute atomic E-state index is 6.09. The molecular weight excluding hydrogens is 358 g/mol. The van der Waals surface area contributed by atoms with Crippen LogP contribution in [0.25, 0.3) is 11.3 Å². The van der Waals surface area contributed by atoms with Gasteiger partial charge in [0.25, 0.3) is 0 Å². The highest BCUT2D eigenvalue weighted by molar-refractivity contribution is 6.30. The number of likely N-dealkylation sites (tertiary alicyclic amines) is 1. The first-order valence-corrected chi connectivity index (χ1v) is 9.71. The molecule has 1 aliphatic heterocycles. The Labute approximate surface area is 165 Å². The minimum Gasteiger partial charge on any atom is -0.439 e.